The van der Waals surface area contributed by atoms with Crippen molar-refractivity contribution in [2.24, 2.45) is 0 Å². The molecule has 0 aliphatic carbocycles. The minimum atomic E-state index is -0.495. The number of hydrogen-bond acceptors (Lipinski definition) is 4. The van der Waals surface area contributed by atoms with Crippen LogP contribution in [0.4, 0.5) is 0 Å². The van der Waals surface area contributed by atoms with Gasteiger partial charge in [0, 0.05) is 46.3 Å². The van der Waals surface area contributed by atoms with Gasteiger partial charge in [0.15, 0.2) is 0 Å². The summed E-state index contributed by atoms with van der Waals surface area (Å²) in [5, 5.41) is 10.2. The maximum atomic E-state index is 12.3. The van der Waals surface area contributed by atoms with Crippen molar-refractivity contribution in [2.75, 3.05) is 53.4 Å². The normalized spacial score (nSPS) is 17.9. The van der Waals surface area contributed by atoms with Crippen LogP contribution < -0.4 is 0 Å². The van der Waals surface area contributed by atoms with Crippen LogP contribution in [0.1, 0.15) is 11.1 Å². The molecule has 1 heterocycles. The minimum Gasteiger partial charge on any atom is -0.390 e. The molecule has 23 heavy (non-hydrogen) atoms. The number of piperazine rings is 1. The van der Waals surface area contributed by atoms with Crippen LogP contribution in [0.25, 0.3) is 0 Å². The number of hydrogen-bond donors (Lipinski definition) is 1. The van der Waals surface area contributed by atoms with E-state index in [0.717, 1.165) is 37.3 Å². The highest BCUT2D eigenvalue weighted by molar-refractivity contribution is 5.78. The summed E-state index contributed by atoms with van der Waals surface area (Å²) in [6.07, 6.45) is -0.107. The molecule has 5 heteroatoms. The Morgan fingerprint density at radius 1 is 1.30 bits per heavy atom. The molecular weight excluding hydrogens is 290 g/mol. The highest BCUT2D eigenvalue weighted by Crippen LogP contribution is 2.07. The van der Waals surface area contributed by atoms with E-state index in [2.05, 4.69) is 16.8 Å². The molecule has 1 aromatic rings. The molecule has 0 radical (unpaired) electrons. The van der Waals surface area contributed by atoms with Gasteiger partial charge in [0.25, 0.3) is 0 Å². The number of likely N-dealkylation sites (N-methyl/N-ethyl adjacent to an activating group) is 2. The van der Waals surface area contributed by atoms with E-state index in [4.69, 9.17) is 0 Å². The van der Waals surface area contributed by atoms with E-state index in [9.17, 15) is 9.90 Å². The highest BCUT2D eigenvalue weighted by atomic mass is 16.3. The lowest BCUT2D eigenvalue weighted by Crippen LogP contribution is -2.49. The fourth-order valence-corrected chi connectivity index (χ4v) is 2.94. The summed E-state index contributed by atoms with van der Waals surface area (Å²) in [7, 11) is 3.89. The zero-order valence-corrected chi connectivity index (χ0v) is 14.5. The van der Waals surface area contributed by atoms with Crippen LogP contribution in [-0.4, -0.2) is 85.2 Å². The van der Waals surface area contributed by atoms with Crippen molar-refractivity contribution in [2.45, 2.75) is 19.4 Å². The number of rotatable bonds is 6. The van der Waals surface area contributed by atoms with E-state index < -0.39 is 6.10 Å². The second-order valence-corrected chi connectivity index (χ2v) is 6.70. The van der Waals surface area contributed by atoms with Gasteiger partial charge in [-0.3, -0.25) is 9.69 Å². The number of β-amino-alcohol motifs (C(OH)–C–C–N with tert-alkyl or cyclic N) is 1. The van der Waals surface area contributed by atoms with Crippen molar-refractivity contribution < 1.29 is 9.90 Å². The summed E-state index contributed by atoms with van der Waals surface area (Å²) < 4.78 is 0. The van der Waals surface area contributed by atoms with Crippen molar-refractivity contribution in [1.29, 1.82) is 0 Å². The Bertz CT molecular complexity index is 513. The first-order valence-electron chi connectivity index (χ1n) is 8.32. The number of amides is 1. The predicted octanol–water partition coefficient (Wildman–Crippen LogP) is 0.604. The molecule has 1 unspecified atom stereocenters. The van der Waals surface area contributed by atoms with Crippen molar-refractivity contribution in [3.05, 3.63) is 35.4 Å². The van der Waals surface area contributed by atoms with Gasteiger partial charge < -0.3 is 14.9 Å². The Balaban J connectivity index is 1.76. The van der Waals surface area contributed by atoms with Crippen LogP contribution in [0.3, 0.4) is 0 Å². The van der Waals surface area contributed by atoms with Gasteiger partial charge in [-0.05, 0) is 19.5 Å². The molecule has 0 spiro atoms. The zero-order chi connectivity index (χ0) is 16.8. The van der Waals surface area contributed by atoms with Crippen molar-refractivity contribution in [3.8, 4) is 0 Å². The van der Waals surface area contributed by atoms with Crippen molar-refractivity contribution >= 4 is 5.91 Å². The van der Waals surface area contributed by atoms with Crippen molar-refractivity contribution in [3.63, 3.8) is 0 Å². The Labute approximate surface area is 139 Å². The Kier molecular flexibility index (Phi) is 6.57. The third-order valence-corrected chi connectivity index (χ3v) is 4.41. The molecule has 1 amide bonds. The summed E-state index contributed by atoms with van der Waals surface area (Å²) >= 11 is 0. The summed E-state index contributed by atoms with van der Waals surface area (Å²) in [5.74, 6) is 0.0491. The lowest BCUT2D eigenvalue weighted by molar-refractivity contribution is -0.130. The van der Waals surface area contributed by atoms with Crippen molar-refractivity contribution in [1.82, 2.24) is 14.7 Å². The van der Waals surface area contributed by atoms with Crippen LogP contribution in [0.15, 0.2) is 24.3 Å². The first-order chi connectivity index (χ1) is 10.9. The number of aliphatic hydroxyl groups is 1. The molecule has 0 bridgehead atoms. The second kappa shape index (κ2) is 8.43. The first kappa shape index (κ1) is 17.9. The number of carbonyl (C=O) groups is 1. The maximum Gasteiger partial charge on any atom is 0.226 e. The lowest BCUT2D eigenvalue weighted by atomic mass is 10.1. The van der Waals surface area contributed by atoms with E-state index >= 15 is 0 Å². The number of aliphatic hydroxyl groups excluding tert-OH is 1. The molecule has 1 N–H and O–H groups in total. The molecule has 5 nitrogen and oxygen atoms in total. The number of aryl methyl sites for hydroxylation is 1. The largest absolute Gasteiger partial charge is 0.390 e. The van der Waals surface area contributed by atoms with Crippen LogP contribution >= 0.6 is 0 Å². The van der Waals surface area contributed by atoms with Crippen LogP contribution in [0, 0.1) is 6.92 Å². The number of nitrogens with zero attached hydrogens (tertiary/aromatic N) is 3. The van der Waals surface area contributed by atoms with Gasteiger partial charge in [0.05, 0.1) is 12.5 Å². The van der Waals surface area contributed by atoms with Gasteiger partial charge in [0.1, 0.15) is 0 Å². The van der Waals surface area contributed by atoms with E-state index in [-0.39, 0.29) is 5.91 Å². The monoisotopic (exact) mass is 319 g/mol. The van der Waals surface area contributed by atoms with E-state index in [1.54, 1.807) is 11.9 Å². The SMILES string of the molecule is Cc1cccc(CC(=O)N(C)CC(O)CN2CCN(C)CC2)c1. The molecule has 1 saturated heterocycles. The molecule has 1 atom stereocenters. The van der Waals surface area contributed by atoms with Gasteiger partial charge in [0.2, 0.25) is 5.91 Å². The number of carbonyl (C=O) groups excluding carboxylic acids is 1. The van der Waals surface area contributed by atoms with Crippen LogP contribution in [0.2, 0.25) is 0 Å². The average molecular weight is 319 g/mol. The third kappa shape index (κ3) is 5.94. The molecule has 0 saturated carbocycles. The number of benzene rings is 1. The zero-order valence-electron chi connectivity index (χ0n) is 14.5. The third-order valence-electron chi connectivity index (χ3n) is 4.41. The standard InChI is InChI=1S/C18H29N3O2/c1-15-5-4-6-16(11-15)12-18(23)20(3)13-17(22)14-21-9-7-19(2)8-10-21/h4-6,11,17,22H,7-10,12-14H2,1-3H3. The predicted molar refractivity (Wildman–Crippen MR) is 92.5 cm³/mol. The topological polar surface area (TPSA) is 47.0 Å². The molecule has 1 aliphatic heterocycles. The molecule has 1 aliphatic rings. The van der Waals surface area contributed by atoms with E-state index in [1.165, 1.54) is 0 Å². The molecule has 1 aromatic carbocycles. The van der Waals surface area contributed by atoms with Crippen LogP contribution in [0.5, 0.6) is 0 Å². The van der Waals surface area contributed by atoms with E-state index in [0.29, 0.717) is 19.5 Å². The Morgan fingerprint density at radius 3 is 2.65 bits per heavy atom. The fraction of sp³-hybridized carbons (Fsp3) is 0.611. The molecule has 2 rings (SSSR count). The first-order valence-corrected chi connectivity index (χ1v) is 8.32. The molecule has 0 aromatic heterocycles. The summed E-state index contributed by atoms with van der Waals surface area (Å²) in [4.78, 5) is 18.5. The van der Waals surface area contributed by atoms with Gasteiger partial charge >= 0.3 is 0 Å². The fourth-order valence-electron chi connectivity index (χ4n) is 2.94. The molecular formula is C18H29N3O2. The van der Waals surface area contributed by atoms with Crippen LogP contribution in [-0.2, 0) is 11.2 Å². The minimum absolute atomic E-state index is 0.0491. The van der Waals surface area contributed by atoms with E-state index in [1.807, 2.05) is 31.2 Å². The highest BCUT2D eigenvalue weighted by Gasteiger charge is 2.19. The van der Waals surface area contributed by atoms with Gasteiger partial charge in [-0.15, -0.1) is 0 Å². The Hall–Kier alpha value is -1.43. The molecule has 128 valence electrons. The summed E-state index contributed by atoms with van der Waals surface area (Å²) in [6, 6.07) is 8.00. The smallest absolute Gasteiger partial charge is 0.226 e. The summed E-state index contributed by atoms with van der Waals surface area (Å²) in [6.45, 7) is 7.08. The average Bonchev–Trinajstić information content (AvgIpc) is 2.49. The Morgan fingerprint density at radius 2 is 2.00 bits per heavy atom. The van der Waals surface area contributed by atoms with Gasteiger partial charge in [-0.2, -0.15) is 0 Å². The maximum absolute atomic E-state index is 12.3. The van der Waals surface area contributed by atoms with Gasteiger partial charge in [-0.25, -0.2) is 0 Å². The lowest BCUT2D eigenvalue weighted by Gasteiger charge is -2.34. The quantitative estimate of drug-likeness (QED) is 0.834. The summed E-state index contributed by atoms with van der Waals surface area (Å²) in [5.41, 5.74) is 2.18. The van der Waals surface area contributed by atoms with Gasteiger partial charge in [-0.1, -0.05) is 29.8 Å². The molecule has 1 fully saturated rings. The second-order valence-electron chi connectivity index (χ2n) is 6.70.